The highest BCUT2D eigenvalue weighted by molar-refractivity contribution is 5.98. The molecule has 1 unspecified atom stereocenters. The molecule has 3 nitrogen and oxygen atoms in total. The molecule has 114 valence electrons. The van der Waals surface area contributed by atoms with Gasteiger partial charge in [-0.1, -0.05) is 32.1 Å². The van der Waals surface area contributed by atoms with E-state index in [2.05, 4.69) is 6.92 Å². The molecule has 1 aromatic rings. The number of fused-ring (bicyclic) bond motifs is 1. The number of carbonyl (C=O) groups is 1. The Morgan fingerprint density at radius 2 is 1.81 bits per heavy atom. The first-order chi connectivity index (χ1) is 10.2. The van der Waals surface area contributed by atoms with E-state index >= 15 is 0 Å². The molecule has 1 aliphatic heterocycles. The lowest BCUT2D eigenvalue weighted by molar-refractivity contribution is -0.123. The van der Waals surface area contributed by atoms with Crippen molar-refractivity contribution in [3.63, 3.8) is 0 Å². The number of anilines is 2. The molecule has 0 radical (unpaired) electrons. The average molecular weight is 286 g/mol. The average Bonchev–Trinajstić information content (AvgIpc) is 2.72. The van der Waals surface area contributed by atoms with Crippen LogP contribution in [0.2, 0.25) is 0 Å². The maximum atomic E-state index is 13.0. The van der Waals surface area contributed by atoms with E-state index in [0.717, 1.165) is 30.6 Å². The van der Waals surface area contributed by atoms with E-state index in [1.807, 2.05) is 23.1 Å². The maximum Gasteiger partial charge on any atom is 0.230 e. The molecule has 0 aromatic heterocycles. The summed E-state index contributed by atoms with van der Waals surface area (Å²) in [7, 11) is 0. The quantitative estimate of drug-likeness (QED) is 0.796. The Bertz CT molecular complexity index is 518. The number of rotatable bonds is 1. The van der Waals surface area contributed by atoms with Crippen LogP contribution in [0.5, 0.6) is 0 Å². The minimum Gasteiger partial charge on any atom is -0.399 e. The predicted octanol–water partition coefficient (Wildman–Crippen LogP) is 3.91. The van der Waals surface area contributed by atoms with Crippen LogP contribution in [0.3, 0.4) is 0 Å². The van der Waals surface area contributed by atoms with Gasteiger partial charge < -0.3 is 10.6 Å². The van der Waals surface area contributed by atoms with Crippen molar-refractivity contribution in [1.82, 2.24) is 0 Å². The molecule has 0 spiro atoms. The predicted molar refractivity (Wildman–Crippen MR) is 87.3 cm³/mol. The van der Waals surface area contributed by atoms with Crippen molar-refractivity contribution in [1.29, 1.82) is 0 Å². The van der Waals surface area contributed by atoms with Crippen LogP contribution in [-0.2, 0) is 11.2 Å². The van der Waals surface area contributed by atoms with Crippen molar-refractivity contribution < 1.29 is 4.79 Å². The van der Waals surface area contributed by atoms with Gasteiger partial charge in [0.2, 0.25) is 5.91 Å². The Morgan fingerprint density at radius 1 is 1.14 bits per heavy atom. The van der Waals surface area contributed by atoms with Crippen molar-refractivity contribution >= 4 is 17.3 Å². The second kappa shape index (κ2) is 6.08. The van der Waals surface area contributed by atoms with Crippen molar-refractivity contribution in [2.45, 2.75) is 64.3 Å². The van der Waals surface area contributed by atoms with Crippen molar-refractivity contribution in [3.05, 3.63) is 23.8 Å². The first-order valence-corrected chi connectivity index (χ1v) is 8.38. The molecular formula is C18H26N2O. The number of carbonyl (C=O) groups excluding carboxylic acids is 1. The maximum absolute atomic E-state index is 13.0. The molecule has 2 N–H and O–H groups in total. The summed E-state index contributed by atoms with van der Waals surface area (Å²) < 4.78 is 0. The minimum atomic E-state index is 0.219. The van der Waals surface area contributed by atoms with Crippen LogP contribution in [0, 0.1) is 5.92 Å². The van der Waals surface area contributed by atoms with Gasteiger partial charge in [0, 0.05) is 23.3 Å². The number of nitrogen functional groups attached to an aromatic ring is 1. The lowest BCUT2D eigenvalue weighted by Crippen LogP contribution is -2.40. The summed E-state index contributed by atoms with van der Waals surface area (Å²) >= 11 is 0. The minimum absolute atomic E-state index is 0.219. The van der Waals surface area contributed by atoms with Crippen LogP contribution < -0.4 is 10.6 Å². The van der Waals surface area contributed by atoms with E-state index < -0.39 is 0 Å². The highest BCUT2D eigenvalue weighted by atomic mass is 16.2. The molecule has 1 saturated carbocycles. The van der Waals surface area contributed by atoms with E-state index in [1.165, 1.54) is 37.7 Å². The van der Waals surface area contributed by atoms with Gasteiger partial charge in [-0.25, -0.2) is 0 Å². The first-order valence-electron chi connectivity index (χ1n) is 8.38. The Kier molecular flexibility index (Phi) is 4.18. The van der Waals surface area contributed by atoms with Gasteiger partial charge in [0.15, 0.2) is 0 Å². The third-order valence-corrected chi connectivity index (χ3v) is 5.01. The first kappa shape index (κ1) is 14.4. The fraction of sp³-hybridized carbons (Fsp3) is 0.611. The second-order valence-corrected chi connectivity index (χ2v) is 6.69. The van der Waals surface area contributed by atoms with Gasteiger partial charge in [-0.05, 0) is 49.9 Å². The van der Waals surface area contributed by atoms with Crippen LogP contribution in [0.4, 0.5) is 11.4 Å². The third-order valence-electron chi connectivity index (χ3n) is 5.01. The molecule has 0 saturated heterocycles. The van der Waals surface area contributed by atoms with E-state index in [9.17, 15) is 4.79 Å². The molecule has 1 atom stereocenters. The SMILES string of the molecule is CC1Cc2cc(N)ccc2N1C(=O)C1CCCCCCC1. The fourth-order valence-corrected chi connectivity index (χ4v) is 3.89. The van der Waals surface area contributed by atoms with Crippen LogP contribution in [-0.4, -0.2) is 11.9 Å². The summed E-state index contributed by atoms with van der Waals surface area (Å²) in [6.45, 7) is 2.15. The van der Waals surface area contributed by atoms with Gasteiger partial charge in [-0.2, -0.15) is 0 Å². The van der Waals surface area contributed by atoms with Crippen LogP contribution in [0.25, 0.3) is 0 Å². The molecule has 0 bridgehead atoms. The highest BCUT2D eigenvalue weighted by Gasteiger charge is 2.34. The Labute approximate surface area is 127 Å². The summed E-state index contributed by atoms with van der Waals surface area (Å²) in [5, 5.41) is 0. The molecule has 1 heterocycles. The fourth-order valence-electron chi connectivity index (χ4n) is 3.89. The van der Waals surface area contributed by atoms with Gasteiger partial charge in [0.05, 0.1) is 0 Å². The van der Waals surface area contributed by atoms with Crippen LogP contribution in [0.1, 0.15) is 57.4 Å². The zero-order valence-electron chi connectivity index (χ0n) is 13.0. The molecule has 3 heteroatoms. The van der Waals surface area contributed by atoms with Crippen molar-refractivity contribution in [3.8, 4) is 0 Å². The summed E-state index contributed by atoms with van der Waals surface area (Å²) in [5.74, 6) is 0.559. The smallest absolute Gasteiger partial charge is 0.230 e. The molecule has 1 fully saturated rings. The highest BCUT2D eigenvalue weighted by Crippen LogP contribution is 2.36. The zero-order chi connectivity index (χ0) is 14.8. The van der Waals surface area contributed by atoms with E-state index in [4.69, 9.17) is 5.73 Å². The number of nitrogens with two attached hydrogens (primary N) is 1. The molecule has 2 aliphatic rings. The Hall–Kier alpha value is -1.51. The summed E-state index contributed by atoms with van der Waals surface area (Å²) in [6, 6.07) is 6.22. The number of benzene rings is 1. The third kappa shape index (κ3) is 2.92. The Morgan fingerprint density at radius 3 is 2.52 bits per heavy atom. The van der Waals surface area contributed by atoms with Crippen LogP contribution in [0.15, 0.2) is 18.2 Å². The van der Waals surface area contributed by atoms with E-state index in [1.54, 1.807) is 0 Å². The molecule has 1 amide bonds. The molecule has 21 heavy (non-hydrogen) atoms. The largest absolute Gasteiger partial charge is 0.399 e. The standard InChI is InChI=1S/C18H26N2O/c1-13-11-15-12-16(19)9-10-17(15)20(13)18(21)14-7-5-3-2-4-6-8-14/h9-10,12-14H,2-8,11,19H2,1H3. The van der Waals surface area contributed by atoms with Gasteiger partial charge >= 0.3 is 0 Å². The zero-order valence-corrected chi connectivity index (χ0v) is 13.0. The topological polar surface area (TPSA) is 46.3 Å². The van der Waals surface area contributed by atoms with Gasteiger partial charge in [-0.3, -0.25) is 4.79 Å². The monoisotopic (exact) mass is 286 g/mol. The van der Waals surface area contributed by atoms with Gasteiger partial charge in [0.25, 0.3) is 0 Å². The lowest BCUT2D eigenvalue weighted by atomic mass is 9.90. The number of nitrogens with zero attached hydrogens (tertiary/aromatic N) is 1. The molecule has 1 aliphatic carbocycles. The summed E-state index contributed by atoms with van der Waals surface area (Å²) in [5.41, 5.74) is 8.98. The second-order valence-electron chi connectivity index (χ2n) is 6.69. The lowest BCUT2D eigenvalue weighted by Gasteiger charge is -2.28. The van der Waals surface area contributed by atoms with Gasteiger partial charge in [-0.15, -0.1) is 0 Å². The van der Waals surface area contributed by atoms with E-state index in [-0.39, 0.29) is 12.0 Å². The number of hydrogen-bond acceptors (Lipinski definition) is 2. The normalized spacial score (nSPS) is 23.5. The summed E-state index contributed by atoms with van der Waals surface area (Å²) in [4.78, 5) is 15.1. The van der Waals surface area contributed by atoms with Gasteiger partial charge in [0.1, 0.15) is 0 Å². The molecular weight excluding hydrogens is 260 g/mol. The molecule has 1 aromatic carbocycles. The number of hydrogen-bond donors (Lipinski definition) is 1. The van der Waals surface area contributed by atoms with Crippen molar-refractivity contribution in [2.75, 3.05) is 10.6 Å². The van der Waals surface area contributed by atoms with Crippen LogP contribution >= 0.6 is 0 Å². The number of amides is 1. The summed E-state index contributed by atoms with van der Waals surface area (Å²) in [6.07, 6.45) is 9.36. The van der Waals surface area contributed by atoms with E-state index in [0.29, 0.717) is 5.91 Å². The van der Waals surface area contributed by atoms with Crippen molar-refractivity contribution in [2.24, 2.45) is 5.92 Å². The molecule has 3 rings (SSSR count). The Balaban J connectivity index is 1.81.